The van der Waals surface area contributed by atoms with Gasteiger partial charge in [-0.3, -0.25) is 0 Å². The van der Waals surface area contributed by atoms with E-state index in [0.29, 0.717) is 5.92 Å². The largest absolute Gasteiger partial charge is 0.365 e. The molecule has 0 saturated heterocycles. The molecule has 1 rings (SSSR count). The molecule has 2 N–H and O–H groups in total. The normalized spacial score (nSPS) is 12.6. The molecule has 0 radical (unpaired) electrons. The van der Waals surface area contributed by atoms with Gasteiger partial charge in [-0.1, -0.05) is 19.0 Å². The first-order valence-corrected chi connectivity index (χ1v) is 4.33. The molecule has 0 amide bonds. The number of nitrogens with zero attached hydrogens (tertiary/aromatic N) is 1. The summed E-state index contributed by atoms with van der Waals surface area (Å²) in [5, 5.41) is 3.81. The van der Waals surface area contributed by atoms with Crippen LogP contribution in [-0.4, -0.2) is 11.2 Å². The Balaban J connectivity index is 0.00000144. The lowest BCUT2D eigenvalue weighted by Gasteiger charge is -2.11. The van der Waals surface area contributed by atoms with Crippen LogP contribution in [0.3, 0.4) is 0 Å². The molecule has 0 saturated carbocycles. The summed E-state index contributed by atoms with van der Waals surface area (Å²) in [5.74, 6) is 0.645. The molecule has 0 unspecified atom stereocenters. The SMILES string of the molecule is CC(C)C[C@H](N)Cc1ccon1.Cl. The Morgan fingerprint density at radius 1 is 1.54 bits per heavy atom. The molecule has 0 bridgehead atoms. The summed E-state index contributed by atoms with van der Waals surface area (Å²) in [4.78, 5) is 0. The standard InChI is InChI=1S/C9H16N2O.ClH/c1-7(2)5-8(10)6-9-3-4-12-11-9;/h3-4,7-8H,5-6,10H2,1-2H3;1H/t8-;/m0./s1. The Labute approximate surface area is 85.1 Å². The molecule has 0 fully saturated rings. The predicted octanol–water partition coefficient (Wildman–Crippen LogP) is 2.01. The predicted molar refractivity (Wildman–Crippen MR) is 54.9 cm³/mol. The van der Waals surface area contributed by atoms with Crippen molar-refractivity contribution in [2.45, 2.75) is 32.7 Å². The molecular weight excluding hydrogens is 188 g/mol. The van der Waals surface area contributed by atoms with Crippen molar-refractivity contribution in [1.29, 1.82) is 0 Å². The van der Waals surface area contributed by atoms with Crippen molar-refractivity contribution in [3.05, 3.63) is 18.0 Å². The molecular formula is C9H17ClN2O. The van der Waals surface area contributed by atoms with Crippen LogP contribution in [0.2, 0.25) is 0 Å². The molecule has 76 valence electrons. The van der Waals surface area contributed by atoms with Crippen molar-refractivity contribution < 1.29 is 4.52 Å². The van der Waals surface area contributed by atoms with E-state index in [1.54, 1.807) is 6.26 Å². The van der Waals surface area contributed by atoms with E-state index in [1.165, 1.54) is 0 Å². The van der Waals surface area contributed by atoms with Gasteiger partial charge in [-0.15, -0.1) is 12.4 Å². The summed E-state index contributed by atoms with van der Waals surface area (Å²) in [7, 11) is 0. The Kier molecular flexibility index (Phi) is 5.75. The fourth-order valence-electron chi connectivity index (χ4n) is 1.30. The number of aromatic nitrogens is 1. The second-order valence-corrected chi connectivity index (χ2v) is 3.58. The minimum atomic E-state index is 0. The van der Waals surface area contributed by atoms with E-state index in [0.717, 1.165) is 18.5 Å². The van der Waals surface area contributed by atoms with Gasteiger partial charge in [0.25, 0.3) is 0 Å². The van der Waals surface area contributed by atoms with Crippen LogP contribution in [0.25, 0.3) is 0 Å². The highest BCUT2D eigenvalue weighted by molar-refractivity contribution is 5.85. The second-order valence-electron chi connectivity index (χ2n) is 3.58. The summed E-state index contributed by atoms with van der Waals surface area (Å²) in [6, 6.07) is 2.07. The number of halogens is 1. The van der Waals surface area contributed by atoms with Crippen molar-refractivity contribution in [2.75, 3.05) is 0 Å². The Hall–Kier alpha value is -0.540. The Morgan fingerprint density at radius 3 is 2.69 bits per heavy atom. The highest BCUT2D eigenvalue weighted by Gasteiger charge is 2.07. The van der Waals surface area contributed by atoms with Crippen molar-refractivity contribution in [2.24, 2.45) is 11.7 Å². The lowest BCUT2D eigenvalue weighted by atomic mass is 10.0. The van der Waals surface area contributed by atoms with Gasteiger partial charge >= 0.3 is 0 Å². The lowest BCUT2D eigenvalue weighted by molar-refractivity contribution is 0.404. The van der Waals surface area contributed by atoms with Gasteiger partial charge in [0.15, 0.2) is 0 Å². The van der Waals surface area contributed by atoms with Gasteiger partial charge < -0.3 is 10.3 Å². The van der Waals surface area contributed by atoms with Gasteiger partial charge in [0.2, 0.25) is 0 Å². The average Bonchev–Trinajstić information content (AvgIpc) is 2.37. The molecule has 0 aliphatic carbocycles. The fourth-order valence-corrected chi connectivity index (χ4v) is 1.30. The number of nitrogens with two attached hydrogens (primary N) is 1. The summed E-state index contributed by atoms with van der Waals surface area (Å²) in [5.41, 5.74) is 6.83. The summed E-state index contributed by atoms with van der Waals surface area (Å²) in [6.45, 7) is 4.34. The van der Waals surface area contributed by atoms with Gasteiger partial charge in [0.1, 0.15) is 6.26 Å². The van der Waals surface area contributed by atoms with Gasteiger partial charge in [-0.25, -0.2) is 0 Å². The Bertz CT molecular complexity index is 211. The van der Waals surface area contributed by atoms with Crippen LogP contribution < -0.4 is 5.73 Å². The van der Waals surface area contributed by atoms with Gasteiger partial charge in [-0.05, 0) is 12.3 Å². The van der Waals surface area contributed by atoms with E-state index >= 15 is 0 Å². The first-order valence-electron chi connectivity index (χ1n) is 4.33. The van der Waals surface area contributed by atoms with Crippen LogP contribution in [0.1, 0.15) is 26.0 Å². The van der Waals surface area contributed by atoms with Crippen LogP contribution >= 0.6 is 12.4 Å². The zero-order chi connectivity index (χ0) is 8.97. The topological polar surface area (TPSA) is 52.0 Å². The van der Waals surface area contributed by atoms with E-state index in [2.05, 4.69) is 19.0 Å². The molecule has 13 heavy (non-hydrogen) atoms. The second kappa shape index (κ2) is 6.00. The van der Waals surface area contributed by atoms with E-state index in [9.17, 15) is 0 Å². The fraction of sp³-hybridized carbons (Fsp3) is 0.667. The molecule has 4 heteroatoms. The molecule has 0 aliphatic heterocycles. The quantitative estimate of drug-likeness (QED) is 0.817. The van der Waals surface area contributed by atoms with Crippen molar-refractivity contribution in [3.8, 4) is 0 Å². The minimum absolute atomic E-state index is 0. The third-order valence-electron chi connectivity index (χ3n) is 1.74. The third-order valence-corrected chi connectivity index (χ3v) is 1.74. The molecule has 0 spiro atoms. The highest BCUT2D eigenvalue weighted by Crippen LogP contribution is 2.07. The van der Waals surface area contributed by atoms with E-state index in [-0.39, 0.29) is 18.4 Å². The maximum absolute atomic E-state index is 5.88. The number of rotatable bonds is 4. The minimum Gasteiger partial charge on any atom is -0.365 e. The van der Waals surface area contributed by atoms with Crippen LogP contribution in [0.5, 0.6) is 0 Å². The average molecular weight is 205 g/mol. The maximum atomic E-state index is 5.88. The van der Waals surface area contributed by atoms with Crippen LogP contribution in [0, 0.1) is 5.92 Å². The zero-order valence-corrected chi connectivity index (χ0v) is 8.88. The highest BCUT2D eigenvalue weighted by atomic mass is 35.5. The maximum Gasteiger partial charge on any atom is 0.124 e. The van der Waals surface area contributed by atoms with Crippen molar-refractivity contribution in [1.82, 2.24) is 5.16 Å². The number of hydrogen-bond donors (Lipinski definition) is 1. The summed E-state index contributed by atoms with van der Waals surface area (Å²) >= 11 is 0. The van der Waals surface area contributed by atoms with E-state index < -0.39 is 0 Å². The van der Waals surface area contributed by atoms with Gasteiger partial charge in [0.05, 0.1) is 5.69 Å². The molecule has 1 aromatic heterocycles. The van der Waals surface area contributed by atoms with Crippen LogP contribution in [0.15, 0.2) is 16.9 Å². The molecule has 1 aromatic rings. The van der Waals surface area contributed by atoms with E-state index in [1.807, 2.05) is 6.07 Å². The first kappa shape index (κ1) is 12.5. The smallest absolute Gasteiger partial charge is 0.124 e. The van der Waals surface area contributed by atoms with E-state index in [4.69, 9.17) is 10.3 Å². The lowest BCUT2D eigenvalue weighted by Crippen LogP contribution is -2.24. The monoisotopic (exact) mass is 204 g/mol. The molecule has 3 nitrogen and oxygen atoms in total. The Morgan fingerprint density at radius 2 is 2.23 bits per heavy atom. The van der Waals surface area contributed by atoms with Crippen molar-refractivity contribution >= 4 is 12.4 Å². The molecule has 1 atom stereocenters. The first-order chi connectivity index (χ1) is 5.68. The summed E-state index contributed by atoms with van der Waals surface area (Å²) in [6.07, 6.45) is 3.43. The number of hydrogen-bond acceptors (Lipinski definition) is 3. The van der Waals surface area contributed by atoms with Crippen molar-refractivity contribution in [3.63, 3.8) is 0 Å². The van der Waals surface area contributed by atoms with Crippen LogP contribution in [0.4, 0.5) is 0 Å². The molecule has 0 aliphatic rings. The molecule has 0 aromatic carbocycles. The summed E-state index contributed by atoms with van der Waals surface area (Å²) < 4.78 is 4.71. The zero-order valence-electron chi connectivity index (χ0n) is 8.06. The third kappa shape index (κ3) is 4.90. The van der Waals surface area contributed by atoms with Crippen LogP contribution in [-0.2, 0) is 6.42 Å². The molecule has 1 heterocycles. The van der Waals surface area contributed by atoms with Gasteiger partial charge in [-0.2, -0.15) is 0 Å². The van der Waals surface area contributed by atoms with Gasteiger partial charge in [0, 0.05) is 18.5 Å².